The maximum Gasteiger partial charge on any atom is 0.0594 e. The SMILES string of the molecule is C1CC(CCNCCN2CCOCC2)C1. The Morgan fingerprint density at radius 2 is 1.93 bits per heavy atom. The number of hydrogen-bond acceptors (Lipinski definition) is 3. The van der Waals surface area contributed by atoms with Crippen molar-refractivity contribution in [1.82, 2.24) is 10.2 Å². The predicted octanol–water partition coefficient (Wildman–Crippen LogP) is 1.10. The van der Waals surface area contributed by atoms with Gasteiger partial charge in [-0.15, -0.1) is 0 Å². The van der Waals surface area contributed by atoms with Gasteiger partial charge in [-0.2, -0.15) is 0 Å². The molecule has 0 aromatic rings. The summed E-state index contributed by atoms with van der Waals surface area (Å²) in [5.74, 6) is 1.04. The average Bonchev–Trinajstić information content (AvgIpc) is 2.22. The van der Waals surface area contributed by atoms with Crippen molar-refractivity contribution in [3.63, 3.8) is 0 Å². The van der Waals surface area contributed by atoms with Gasteiger partial charge in [0.2, 0.25) is 0 Å². The van der Waals surface area contributed by atoms with E-state index in [2.05, 4.69) is 10.2 Å². The first-order chi connectivity index (χ1) is 7.45. The summed E-state index contributed by atoms with van der Waals surface area (Å²) in [5, 5.41) is 3.55. The second-order valence-electron chi connectivity index (χ2n) is 4.79. The van der Waals surface area contributed by atoms with Crippen molar-refractivity contribution in [2.24, 2.45) is 5.92 Å². The maximum atomic E-state index is 5.32. The minimum atomic E-state index is 0.919. The fourth-order valence-electron chi connectivity index (χ4n) is 2.27. The van der Waals surface area contributed by atoms with E-state index in [4.69, 9.17) is 4.74 Å². The molecule has 0 unspecified atom stereocenters. The highest BCUT2D eigenvalue weighted by atomic mass is 16.5. The number of morpholine rings is 1. The zero-order valence-corrected chi connectivity index (χ0v) is 9.71. The highest BCUT2D eigenvalue weighted by molar-refractivity contribution is 4.70. The van der Waals surface area contributed by atoms with Crippen LogP contribution in [0, 0.1) is 5.92 Å². The molecule has 1 heterocycles. The number of hydrogen-bond donors (Lipinski definition) is 1. The summed E-state index contributed by atoms with van der Waals surface area (Å²) >= 11 is 0. The van der Waals surface area contributed by atoms with Crippen molar-refractivity contribution in [2.45, 2.75) is 25.7 Å². The van der Waals surface area contributed by atoms with Crippen LogP contribution in [0.5, 0.6) is 0 Å². The van der Waals surface area contributed by atoms with E-state index in [1.54, 1.807) is 0 Å². The van der Waals surface area contributed by atoms with E-state index < -0.39 is 0 Å². The monoisotopic (exact) mass is 212 g/mol. The number of nitrogens with zero attached hydrogens (tertiary/aromatic N) is 1. The molecule has 2 fully saturated rings. The Kier molecular flexibility index (Phi) is 4.90. The van der Waals surface area contributed by atoms with Crippen molar-refractivity contribution in [1.29, 1.82) is 0 Å². The average molecular weight is 212 g/mol. The van der Waals surface area contributed by atoms with E-state index in [0.29, 0.717) is 0 Å². The molecule has 0 spiro atoms. The standard InChI is InChI=1S/C12H24N2O/c1-2-12(3-1)4-5-13-6-7-14-8-10-15-11-9-14/h12-13H,1-11H2. The molecule has 88 valence electrons. The molecule has 0 atom stereocenters. The largest absolute Gasteiger partial charge is 0.379 e. The van der Waals surface area contributed by atoms with Gasteiger partial charge in [-0.25, -0.2) is 0 Å². The minimum Gasteiger partial charge on any atom is -0.379 e. The third kappa shape index (κ3) is 4.09. The Morgan fingerprint density at radius 3 is 2.60 bits per heavy atom. The van der Waals surface area contributed by atoms with Gasteiger partial charge >= 0.3 is 0 Å². The van der Waals surface area contributed by atoms with Gasteiger partial charge < -0.3 is 10.1 Å². The first-order valence-electron chi connectivity index (χ1n) is 6.46. The lowest BCUT2D eigenvalue weighted by Crippen LogP contribution is -2.40. The van der Waals surface area contributed by atoms with Crippen LogP contribution in [0.2, 0.25) is 0 Å². The molecule has 3 heteroatoms. The highest BCUT2D eigenvalue weighted by Gasteiger charge is 2.16. The van der Waals surface area contributed by atoms with Gasteiger partial charge in [0, 0.05) is 26.2 Å². The first kappa shape index (κ1) is 11.4. The molecule has 1 aliphatic heterocycles. The van der Waals surface area contributed by atoms with Gasteiger partial charge in [-0.3, -0.25) is 4.90 Å². The van der Waals surface area contributed by atoms with Crippen molar-refractivity contribution in [2.75, 3.05) is 45.9 Å². The first-order valence-corrected chi connectivity index (χ1v) is 6.46. The summed E-state index contributed by atoms with van der Waals surface area (Å²) in [6, 6.07) is 0. The molecule has 0 amide bonds. The summed E-state index contributed by atoms with van der Waals surface area (Å²) in [6.45, 7) is 7.62. The second-order valence-corrected chi connectivity index (χ2v) is 4.79. The predicted molar refractivity (Wildman–Crippen MR) is 62.1 cm³/mol. The topological polar surface area (TPSA) is 24.5 Å². The van der Waals surface area contributed by atoms with Gasteiger partial charge in [0.1, 0.15) is 0 Å². The molecule has 1 N–H and O–H groups in total. The Balaban J connectivity index is 1.40. The molecule has 15 heavy (non-hydrogen) atoms. The number of ether oxygens (including phenoxy) is 1. The second kappa shape index (κ2) is 6.46. The lowest BCUT2D eigenvalue weighted by atomic mass is 9.83. The van der Waals surface area contributed by atoms with Crippen LogP contribution in [0.15, 0.2) is 0 Å². The quantitative estimate of drug-likeness (QED) is 0.667. The molecule has 1 saturated carbocycles. The van der Waals surface area contributed by atoms with E-state index >= 15 is 0 Å². The van der Waals surface area contributed by atoms with Gasteiger partial charge in [-0.1, -0.05) is 19.3 Å². The molecule has 0 radical (unpaired) electrons. The zero-order chi connectivity index (χ0) is 10.3. The molecule has 0 aromatic carbocycles. The fraction of sp³-hybridized carbons (Fsp3) is 1.00. The van der Waals surface area contributed by atoms with Crippen LogP contribution < -0.4 is 5.32 Å². The van der Waals surface area contributed by atoms with Crippen LogP contribution in [0.4, 0.5) is 0 Å². The van der Waals surface area contributed by atoms with E-state index in [1.165, 1.54) is 38.8 Å². The van der Waals surface area contributed by atoms with Gasteiger partial charge in [-0.05, 0) is 18.9 Å². The summed E-state index contributed by atoms with van der Waals surface area (Å²) in [5.41, 5.74) is 0. The Bertz CT molecular complexity index is 165. The maximum absolute atomic E-state index is 5.32. The van der Waals surface area contributed by atoms with Crippen LogP contribution in [0.1, 0.15) is 25.7 Å². The van der Waals surface area contributed by atoms with E-state index in [9.17, 15) is 0 Å². The van der Waals surface area contributed by atoms with Crippen molar-refractivity contribution in [3.05, 3.63) is 0 Å². The van der Waals surface area contributed by atoms with Crippen molar-refractivity contribution < 1.29 is 4.74 Å². The Labute approximate surface area is 93.2 Å². The minimum absolute atomic E-state index is 0.919. The van der Waals surface area contributed by atoms with Gasteiger partial charge in [0.05, 0.1) is 13.2 Å². The highest BCUT2D eigenvalue weighted by Crippen LogP contribution is 2.28. The fourth-order valence-corrected chi connectivity index (χ4v) is 2.27. The van der Waals surface area contributed by atoms with E-state index in [-0.39, 0.29) is 0 Å². The molecule has 2 rings (SSSR count). The molecular formula is C12H24N2O. The van der Waals surface area contributed by atoms with Crippen LogP contribution in [-0.4, -0.2) is 50.8 Å². The summed E-state index contributed by atoms with van der Waals surface area (Å²) in [7, 11) is 0. The molecule has 0 aromatic heterocycles. The number of rotatable bonds is 6. The molecule has 1 aliphatic carbocycles. The summed E-state index contributed by atoms with van der Waals surface area (Å²) in [4.78, 5) is 2.49. The molecule has 1 saturated heterocycles. The van der Waals surface area contributed by atoms with Crippen molar-refractivity contribution in [3.8, 4) is 0 Å². The molecule has 3 nitrogen and oxygen atoms in total. The Hall–Kier alpha value is -0.120. The molecule has 0 bridgehead atoms. The van der Waals surface area contributed by atoms with E-state index in [1.807, 2.05) is 0 Å². The van der Waals surface area contributed by atoms with Crippen molar-refractivity contribution >= 4 is 0 Å². The Morgan fingerprint density at radius 1 is 1.13 bits per heavy atom. The molecular weight excluding hydrogens is 188 g/mol. The third-order valence-corrected chi connectivity index (χ3v) is 3.66. The smallest absolute Gasteiger partial charge is 0.0594 e. The van der Waals surface area contributed by atoms with Crippen LogP contribution in [0.25, 0.3) is 0 Å². The third-order valence-electron chi connectivity index (χ3n) is 3.66. The van der Waals surface area contributed by atoms with Gasteiger partial charge in [0.15, 0.2) is 0 Å². The summed E-state index contributed by atoms with van der Waals surface area (Å²) in [6.07, 6.45) is 5.82. The normalized spacial score (nSPS) is 24.0. The summed E-state index contributed by atoms with van der Waals surface area (Å²) < 4.78 is 5.32. The van der Waals surface area contributed by atoms with Gasteiger partial charge in [0.25, 0.3) is 0 Å². The lowest BCUT2D eigenvalue weighted by molar-refractivity contribution is 0.0384. The van der Waals surface area contributed by atoms with Crippen LogP contribution >= 0.6 is 0 Å². The lowest BCUT2D eigenvalue weighted by Gasteiger charge is -2.27. The van der Waals surface area contributed by atoms with E-state index in [0.717, 1.165) is 38.8 Å². The van der Waals surface area contributed by atoms with Crippen LogP contribution in [0.3, 0.4) is 0 Å². The molecule has 2 aliphatic rings. The number of nitrogens with one attached hydrogen (secondary N) is 1. The van der Waals surface area contributed by atoms with Crippen LogP contribution in [-0.2, 0) is 4.74 Å². The zero-order valence-electron chi connectivity index (χ0n) is 9.71.